The molecule has 0 aliphatic heterocycles. The summed E-state index contributed by atoms with van der Waals surface area (Å²) >= 11 is 5.95. The van der Waals surface area contributed by atoms with E-state index in [1.807, 2.05) is 24.3 Å². The number of hydrogen-bond acceptors (Lipinski definition) is 5. The van der Waals surface area contributed by atoms with Gasteiger partial charge >= 0.3 is 5.69 Å². The standard InChI is InChI=1S/C21H17ClN4O3/c1-29-17-8-4-15(5-9-17)13-26-20(27)18-19(24-11-10-23-18)25(21(26)28)12-14-2-6-16(22)7-3-14/h2-11H,12-13H2,1H3. The van der Waals surface area contributed by atoms with Crippen LogP contribution in [0.5, 0.6) is 5.75 Å². The molecule has 29 heavy (non-hydrogen) atoms. The zero-order valence-electron chi connectivity index (χ0n) is 15.6. The molecule has 0 aliphatic rings. The van der Waals surface area contributed by atoms with Crippen LogP contribution in [0.4, 0.5) is 0 Å². The number of benzene rings is 2. The first-order valence-electron chi connectivity index (χ1n) is 8.88. The van der Waals surface area contributed by atoms with Crippen molar-refractivity contribution in [1.82, 2.24) is 19.1 Å². The Morgan fingerprint density at radius 1 is 0.862 bits per heavy atom. The van der Waals surface area contributed by atoms with Crippen molar-refractivity contribution in [2.24, 2.45) is 0 Å². The van der Waals surface area contributed by atoms with Crippen molar-refractivity contribution in [2.45, 2.75) is 13.1 Å². The summed E-state index contributed by atoms with van der Waals surface area (Å²) in [5, 5.41) is 0.607. The summed E-state index contributed by atoms with van der Waals surface area (Å²) in [7, 11) is 1.58. The first-order chi connectivity index (χ1) is 14.1. The van der Waals surface area contributed by atoms with Crippen molar-refractivity contribution in [3.05, 3.63) is 97.9 Å². The maximum Gasteiger partial charge on any atom is 0.333 e. The molecule has 4 aromatic rings. The molecule has 0 bridgehead atoms. The highest BCUT2D eigenvalue weighted by Crippen LogP contribution is 2.13. The lowest BCUT2D eigenvalue weighted by Crippen LogP contribution is -2.41. The monoisotopic (exact) mass is 408 g/mol. The highest BCUT2D eigenvalue weighted by atomic mass is 35.5. The first kappa shape index (κ1) is 18.9. The van der Waals surface area contributed by atoms with Crippen LogP contribution < -0.4 is 16.0 Å². The average Bonchev–Trinajstić information content (AvgIpc) is 2.76. The summed E-state index contributed by atoms with van der Waals surface area (Å²) in [5.74, 6) is 0.700. The molecule has 0 atom stereocenters. The minimum absolute atomic E-state index is 0.120. The minimum Gasteiger partial charge on any atom is -0.497 e. The Balaban J connectivity index is 1.84. The molecule has 0 fully saturated rings. The van der Waals surface area contributed by atoms with E-state index in [1.165, 1.54) is 21.5 Å². The Bertz CT molecular complexity index is 1280. The van der Waals surface area contributed by atoms with Crippen LogP contribution >= 0.6 is 11.6 Å². The fourth-order valence-corrected chi connectivity index (χ4v) is 3.22. The van der Waals surface area contributed by atoms with Crippen LogP contribution in [0.2, 0.25) is 5.02 Å². The number of fused-ring (bicyclic) bond motifs is 1. The van der Waals surface area contributed by atoms with Gasteiger partial charge in [0.2, 0.25) is 0 Å². The van der Waals surface area contributed by atoms with E-state index >= 15 is 0 Å². The topological polar surface area (TPSA) is 79.0 Å². The molecule has 0 spiro atoms. The van der Waals surface area contributed by atoms with Crippen LogP contribution in [0.1, 0.15) is 11.1 Å². The van der Waals surface area contributed by atoms with Crippen molar-refractivity contribution >= 4 is 22.8 Å². The fraction of sp³-hybridized carbons (Fsp3) is 0.143. The van der Waals surface area contributed by atoms with E-state index in [1.54, 1.807) is 31.4 Å². The van der Waals surface area contributed by atoms with Crippen LogP contribution in [0, 0.1) is 0 Å². The molecular formula is C21H17ClN4O3. The van der Waals surface area contributed by atoms with Gasteiger partial charge in [-0.05, 0) is 35.4 Å². The van der Waals surface area contributed by atoms with Gasteiger partial charge in [0, 0.05) is 17.4 Å². The number of aromatic nitrogens is 4. The Labute approximate surface area is 170 Å². The lowest BCUT2D eigenvalue weighted by molar-refractivity contribution is 0.414. The number of nitrogens with zero attached hydrogens (tertiary/aromatic N) is 4. The van der Waals surface area contributed by atoms with E-state index in [9.17, 15) is 9.59 Å². The van der Waals surface area contributed by atoms with E-state index < -0.39 is 11.2 Å². The van der Waals surface area contributed by atoms with Crippen LogP contribution in [0.3, 0.4) is 0 Å². The predicted molar refractivity (Wildman–Crippen MR) is 111 cm³/mol. The summed E-state index contributed by atoms with van der Waals surface area (Å²) in [4.78, 5) is 34.5. The van der Waals surface area contributed by atoms with Crippen LogP contribution in [-0.2, 0) is 13.1 Å². The van der Waals surface area contributed by atoms with Crippen LogP contribution in [-0.4, -0.2) is 26.2 Å². The maximum absolute atomic E-state index is 13.2. The summed E-state index contributed by atoms with van der Waals surface area (Å²) in [6, 6.07) is 14.4. The van der Waals surface area contributed by atoms with Gasteiger partial charge in [0.1, 0.15) is 5.75 Å². The second kappa shape index (κ2) is 7.89. The number of rotatable bonds is 5. The van der Waals surface area contributed by atoms with E-state index in [2.05, 4.69) is 9.97 Å². The second-order valence-electron chi connectivity index (χ2n) is 6.46. The number of halogens is 1. The van der Waals surface area contributed by atoms with Gasteiger partial charge in [-0.25, -0.2) is 14.8 Å². The molecule has 0 amide bonds. The SMILES string of the molecule is COc1ccc(Cn2c(=O)c3nccnc3n(Cc3ccc(Cl)cc3)c2=O)cc1. The number of methoxy groups -OCH3 is 1. The molecule has 7 nitrogen and oxygen atoms in total. The van der Waals surface area contributed by atoms with E-state index in [-0.39, 0.29) is 24.3 Å². The molecule has 2 heterocycles. The first-order valence-corrected chi connectivity index (χ1v) is 9.26. The van der Waals surface area contributed by atoms with Gasteiger partial charge in [-0.15, -0.1) is 0 Å². The zero-order valence-corrected chi connectivity index (χ0v) is 16.3. The van der Waals surface area contributed by atoms with Gasteiger partial charge in [-0.1, -0.05) is 35.9 Å². The molecule has 0 saturated carbocycles. The molecule has 0 unspecified atom stereocenters. The number of hydrogen-bond donors (Lipinski definition) is 0. The maximum atomic E-state index is 13.2. The van der Waals surface area contributed by atoms with Gasteiger partial charge in [0.05, 0.1) is 20.2 Å². The van der Waals surface area contributed by atoms with Crippen molar-refractivity contribution in [2.75, 3.05) is 7.11 Å². The van der Waals surface area contributed by atoms with Crippen molar-refractivity contribution < 1.29 is 4.74 Å². The predicted octanol–water partition coefficient (Wildman–Crippen LogP) is 2.71. The molecule has 0 aliphatic carbocycles. The lowest BCUT2D eigenvalue weighted by Gasteiger charge is -2.13. The Morgan fingerprint density at radius 2 is 1.45 bits per heavy atom. The highest BCUT2D eigenvalue weighted by molar-refractivity contribution is 6.30. The molecule has 0 N–H and O–H groups in total. The van der Waals surface area contributed by atoms with E-state index in [4.69, 9.17) is 16.3 Å². The fourth-order valence-electron chi connectivity index (χ4n) is 3.10. The summed E-state index contributed by atoms with van der Waals surface area (Å²) < 4.78 is 7.79. The van der Waals surface area contributed by atoms with Crippen LogP contribution in [0.25, 0.3) is 11.2 Å². The Morgan fingerprint density at radius 3 is 2.10 bits per heavy atom. The third-order valence-electron chi connectivity index (χ3n) is 4.60. The van der Waals surface area contributed by atoms with Crippen molar-refractivity contribution in [1.29, 1.82) is 0 Å². The third kappa shape index (κ3) is 3.77. The van der Waals surface area contributed by atoms with E-state index in [0.717, 1.165) is 11.1 Å². The quantitative estimate of drug-likeness (QED) is 0.507. The lowest BCUT2D eigenvalue weighted by atomic mass is 10.2. The van der Waals surface area contributed by atoms with Crippen molar-refractivity contribution in [3.8, 4) is 5.75 Å². The van der Waals surface area contributed by atoms with Gasteiger partial charge < -0.3 is 4.74 Å². The summed E-state index contributed by atoms with van der Waals surface area (Å²) in [6.45, 7) is 0.364. The average molecular weight is 409 g/mol. The van der Waals surface area contributed by atoms with Gasteiger partial charge in [0.15, 0.2) is 11.2 Å². The van der Waals surface area contributed by atoms with Gasteiger partial charge in [-0.2, -0.15) is 0 Å². The molecule has 0 saturated heterocycles. The molecule has 4 rings (SSSR count). The van der Waals surface area contributed by atoms with Crippen molar-refractivity contribution in [3.63, 3.8) is 0 Å². The minimum atomic E-state index is -0.471. The Kier molecular flexibility index (Phi) is 5.14. The molecule has 8 heteroatoms. The molecule has 146 valence electrons. The smallest absolute Gasteiger partial charge is 0.333 e. The molecular weight excluding hydrogens is 392 g/mol. The summed E-state index contributed by atoms with van der Waals surface area (Å²) in [5.41, 5.74) is 1.14. The molecule has 0 radical (unpaired) electrons. The zero-order chi connectivity index (χ0) is 20.4. The van der Waals surface area contributed by atoms with E-state index in [0.29, 0.717) is 10.8 Å². The van der Waals surface area contributed by atoms with Gasteiger partial charge in [0.25, 0.3) is 5.56 Å². The summed E-state index contributed by atoms with van der Waals surface area (Å²) in [6.07, 6.45) is 2.91. The van der Waals surface area contributed by atoms with Gasteiger partial charge in [-0.3, -0.25) is 13.9 Å². The third-order valence-corrected chi connectivity index (χ3v) is 4.85. The second-order valence-corrected chi connectivity index (χ2v) is 6.90. The molecule has 2 aromatic heterocycles. The Hall–Kier alpha value is -3.45. The largest absolute Gasteiger partial charge is 0.497 e. The normalized spacial score (nSPS) is 11.0. The molecule has 2 aromatic carbocycles. The highest BCUT2D eigenvalue weighted by Gasteiger charge is 2.15. The van der Waals surface area contributed by atoms with Crippen LogP contribution in [0.15, 0.2) is 70.5 Å². The number of ether oxygens (including phenoxy) is 1.